The Kier molecular flexibility index (Phi) is 3.35. The van der Waals surface area contributed by atoms with Crippen molar-refractivity contribution in [3.63, 3.8) is 0 Å². The van der Waals surface area contributed by atoms with Crippen molar-refractivity contribution in [2.45, 2.75) is 6.92 Å². The Morgan fingerprint density at radius 2 is 1.71 bits per heavy atom. The lowest BCUT2D eigenvalue weighted by Gasteiger charge is -2.17. The Labute approximate surface area is 139 Å². The van der Waals surface area contributed by atoms with Crippen LogP contribution < -0.4 is 10.2 Å². The summed E-state index contributed by atoms with van der Waals surface area (Å²) in [6.07, 6.45) is 0. The highest BCUT2D eigenvalue weighted by atomic mass is 16.5. The van der Waals surface area contributed by atoms with Gasteiger partial charge in [0.1, 0.15) is 17.1 Å². The molecule has 0 amide bonds. The van der Waals surface area contributed by atoms with Gasteiger partial charge in [-0.3, -0.25) is 4.79 Å². The van der Waals surface area contributed by atoms with Gasteiger partial charge in [-0.25, -0.2) is 0 Å². The Morgan fingerprint density at radius 3 is 2.50 bits per heavy atom. The van der Waals surface area contributed by atoms with Gasteiger partial charge in [-0.2, -0.15) is 0 Å². The Balaban J connectivity index is 2.14. The summed E-state index contributed by atoms with van der Waals surface area (Å²) in [6, 6.07) is 18.9. The maximum atomic E-state index is 11.7. The largest absolute Gasteiger partial charge is 0.497 e. The molecule has 0 unspecified atom stereocenters. The third-order valence-electron chi connectivity index (χ3n) is 4.30. The van der Waals surface area contributed by atoms with E-state index in [2.05, 4.69) is 13.0 Å². The zero-order chi connectivity index (χ0) is 16.7. The molecule has 3 heteroatoms. The summed E-state index contributed by atoms with van der Waals surface area (Å²) in [5, 5.41) is 1.02. The van der Waals surface area contributed by atoms with E-state index in [1.165, 1.54) is 0 Å². The number of benzene rings is 3. The summed E-state index contributed by atoms with van der Waals surface area (Å²) in [4.78, 5) is 11.7. The molecule has 118 valence electrons. The van der Waals surface area contributed by atoms with E-state index in [0.717, 1.165) is 39.0 Å². The number of ether oxygens (including phenoxy) is 1. The molecule has 1 aliphatic carbocycles. The maximum Gasteiger partial charge on any atom is 0.182 e. The van der Waals surface area contributed by atoms with E-state index in [1.807, 2.05) is 42.5 Å². The summed E-state index contributed by atoms with van der Waals surface area (Å²) in [6.45, 7) is 2.06. The first-order valence-corrected chi connectivity index (χ1v) is 7.78. The Bertz CT molecular complexity index is 1080. The minimum absolute atomic E-state index is 0.0565. The second-order valence-corrected chi connectivity index (χ2v) is 5.81. The normalized spacial score (nSPS) is 11.1. The fourth-order valence-corrected chi connectivity index (χ4v) is 3.15. The van der Waals surface area contributed by atoms with Crippen molar-refractivity contribution in [3.05, 3.63) is 76.5 Å². The molecule has 0 saturated carbocycles. The molecule has 1 aliphatic heterocycles. The molecule has 4 rings (SSSR count). The van der Waals surface area contributed by atoms with Crippen LogP contribution in [0.3, 0.4) is 0 Å². The maximum absolute atomic E-state index is 11.7. The molecular weight excluding hydrogens is 300 g/mol. The lowest BCUT2D eigenvalue weighted by atomic mass is 9.91. The average Bonchev–Trinajstić information content (AvgIpc) is 2.60. The zero-order valence-corrected chi connectivity index (χ0v) is 13.5. The molecule has 2 aromatic carbocycles. The van der Waals surface area contributed by atoms with E-state index in [9.17, 15) is 4.79 Å². The molecule has 0 N–H and O–H groups in total. The number of aryl methyl sites for hydroxylation is 1. The molecular formula is C21H16O3. The number of para-hydroxylation sites is 1. The summed E-state index contributed by atoms with van der Waals surface area (Å²) >= 11 is 0. The predicted octanol–water partition coefficient (Wildman–Crippen LogP) is 4.88. The van der Waals surface area contributed by atoms with Crippen LogP contribution in [0.1, 0.15) is 5.56 Å². The standard InChI is InChI=1S/C21H16O3/c1-13-11-15(23-2)8-10-16(13)21-17-5-3-4-6-19(17)24-20-12-14(22)7-9-18(20)21/h3-12H,1-2H3. The summed E-state index contributed by atoms with van der Waals surface area (Å²) in [5.41, 5.74) is 4.93. The van der Waals surface area contributed by atoms with E-state index in [-0.39, 0.29) is 5.43 Å². The highest BCUT2D eigenvalue weighted by molar-refractivity contribution is 6.02. The molecule has 0 spiro atoms. The fraction of sp³-hybridized carbons (Fsp3) is 0.0952. The van der Waals surface area contributed by atoms with Crippen molar-refractivity contribution in [3.8, 4) is 28.2 Å². The van der Waals surface area contributed by atoms with Crippen LogP contribution in [0, 0.1) is 6.92 Å². The van der Waals surface area contributed by atoms with Crippen LogP contribution in [0.4, 0.5) is 0 Å². The van der Waals surface area contributed by atoms with E-state index >= 15 is 0 Å². The van der Waals surface area contributed by atoms with Gasteiger partial charge in [0, 0.05) is 22.6 Å². The molecule has 0 bridgehead atoms. The van der Waals surface area contributed by atoms with E-state index < -0.39 is 0 Å². The molecule has 2 aromatic rings. The zero-order valence-electron chi connectivity index (χ0n) is 13.5. The van der Waals surface area contributed by atoms with E-state index in [1.54, 1.807) is 19.2 Å². The smallest absolute Gasteiger partial charge is 0.182 e. The second kappa shape index (κ2) is 5.53. The number of rotatable bonds is 2. The van der Waals surface area contributed by atoms with Gasteiger partial charge in [0.2, 0.25) is 0 Å². The van der Waals surface area contributed by atoms with Crippen LogP contribution in [0.5, 0.6) is 5.75 Å². The highest BCUT2D eigenvalue weighted by Crippen LogP contribution is 2.41. The van der Waals surface area contributed by atoms with Crippen LogP contribution in [0.15, 0.2) is 69.9 Å². The number of fused-ring (bicyclic) bond motifs is 2. The first-order chi connectivity index (χ1) is 11.7. The SMILES string of the molecule is COc1ccc(-c2c3ccc(=O)cc-3oc3ccccc23)c(C)c1. The van der Waals surface area contributed by atoms with Gasteiger partial charge < -0.3 is 9.15 Å². The van der Waals surface area contributed by atoms with Crippen molar-refractivity contribution < 1.29 is 9.15 Å². The van der Waals surface area contributed by atoms with Crippen molar-refractivity contribution in [2.75, 3.05) is 7.11 Å². The monoisotopic (exact) mass is 316 g/mol. The van der Waals surface area contributed by atoms with Gasteiger partial charge in [0.25, 0.3) is 0 Å². The molecule has 0 atom stereocenters. The van der Waals surface area contributed by atoms with Crippen LogP contribution in [-0.2, 0) is 0 Å². The first kappa shape index (κ1) is 14.5. The van der Waals surface area contributed by atoms with Crippen LogP contribution >= 0.6 is 0 Å². The molecule has 0 saturated heterocycles. The highest BCUT2D eigenvalue weighted by Gasteiger charge is 2.18. The third kappa shape index (κ3) is 2.26. The predicted molar refractivity (Wildman–Crippen MR) is 95.8 cm³/mol. The van der Waals surface area contributed by atoms with E-state index in [4.69, 9.17) is 9.15 Å². The molecule has 2 aliphatic rings. The lowest BCUT2D eigenvalue weighted by molar-refractivity contribution is 0.414. The van der Waals surface area contributed by atoms with Gasteiger partial charge >= 0.3 is 0 Å². The van der Waals surface area contributed by atoms with Crippen LogP contribution in [-0.4, -0.2) is 7.11 Å². The molecule has 24 heavy (non-hydrogen) atoms. The topological polar surface area (TPSA) is 39.4 Å². The van der Waals surface area contributed by atoms with Crippen LogP contribution in [0.25, 0.3) is 33.4 Å². The van der Waals surface area contributed by atoms with Crippen molar-refractivity contribution in [1.29, 1.82) is 0 Å². The van der Waals surface area contributed by atoms with Gasteiger partial charge in [0.05, 0.1) is 7.11 Å². The molecule has 0 radical (unpaired) electrons. The van der Waals surface area contributed by atoms with Gasteiger partial charge in [0.15, 0.2) is 5.43 Å². The van der Waals surface area contributed by atoms with Crippen molar-refractivity contribution in [2.24, 2.45) is 0 Å². The molecule has 1 heterocycles. The lowest BCUT2D eigenvalue weighted by Crippen LogP contribution is -2.00. The Hall–Kier alpha value is -3.07. The van der Waals surface area contributed by atoms with Crippen LogP contribution in [0.2, 0.25) is 0 Å². The molecule has 3 nitrogen and oxygen atoms in total. The summed E-state index contributed by atoms with van der Waals surface area (Å²) in [7, 11) is 1.66. The van der Waals surface area contributed by atoms with Gasteiger partial charge in [-0.1, -0.05) is 24.3 Å². The number of methoxy groups -OCH3 is 1. The van der Waals surface area contributed by atoms with Crippen molar-refractivity contribution in [1.82, 2.24) is 0 Å². The Morgan fingerprint density at radius 1 is 0.917 bits per heavy atom. The number of hydrogen-bond donors (Lipinski definition) is 0. The van der Waals surface area contributed by atoms with E-state index in [0.29, 0.717) is 5.76 Å². The first-order valence-electron chi connectivity index (χ1n) is 7.78. The minimum atomic E-state index is -0.0565. The molecule has 0 fully saturated rings. The fourth-order valence-electron chi connectivity index (χ4n) is 3.15. The quantitative estimate of drug-likeness (QED) is 0.495. The van der Waals surface area contributed by atoms with Gasteiger partial charge in [-0.05, 0) is 48.4 Å². The minimum Gasteiger partial charge on any atom is -0.497 e. The average molecular weight is 316 g/mol. The summed E-state index contributed by atoms with van der Waals surface area (Å²) < 4.78 is 11.3. The van der Waals surface area contributed by atoms with Gasteiger partial charge in [-0.15, -0.1) is 0 Å². The molecule has 0 aromatic heterocycles. The van der Waals surface area contributed by atoms with Crippen molar-refractivity contribution >= 4 is 11.0 Å². The summed E-state index contributed by atoms with van der Waals surface area (Å²) in [5.74, 6) is 1.43. The second-order valence-electron chi connectivity index (χ2n) is 5.81. The third-order valence-corrected chi connectivity index (χ3v) is 4.30. The number of hydrogen-bond acceptors (Lipinski definition) is 3.